The predicted molar refractivity (Wildman–Crippen MR) is 78.1 cm³/mol. The Morgan fingerprint density at radius 2 is 2.10 bits per heavy atom. The summed E-state index contributed by atoms with van der Waals surface area (Å²) in [5, 5.41) is 11.9. The van der Waals surface area contributed by atoms with Crippen LogP contribution in [-0.4, -0.2) is 29.6 Å². The monoisotopic (exact) mass is 284 g/mol. The SMILES string of the molecule is CC(C)CC(CNC(=O)C1(C)CCCC1N)CC(=O)O. The molecule has 1 aliphatic carbocycles. The maximum atomic E-state index is 12.3. The molecule has 3 unspecified atom stereocenters. The van der Waals surface area contributed by atoms with E-state index in [1.165, 1.54) is 0 Å². The standard InChI is InChI=1S/C15H28N2O3/c1-10(2)7-11(8-13(18)19)9-17-14(20)15(3)6-4-5-12(15)16/h10-12H,4-9,16H2,1-3H3,(H,17,20)(H,18,19). The average molecular weight is 284 g/mol. The molecule has 0 aliphatic heterocycles. The largest absolute Gasteiger partial charge is 0.481 e. The molecule has 20 heavy (non-hydrogen) atoms. The van der Waals surface area contributed by atoms with Gasteiger partial charge in [-0.25, -0.2) is 0 Å². The van der Waals surface area contributed by atoms with Crippen molar-refractivity contribution in [2.24, 2.45) is 23.0 Å². The number of nitrogens with two attached hydrogens (primary N) is 1. The molecule has 1 amide bonds. The summed E-state index contributed by atoms with van der Waals surface area (Å²) in [6.45, 7) is 6.45. The summed E-state index contributed by atoms with van der Waals surface area (Å²) in [7, 11) is 0. The molecule has 0 radical (unpaired) electrons. The number of carboxylic acid groups (broad SMARTS) is 1. The summed E-state index contributed by atoms with van der Waals surface area (Å²) >= 11 is 0. The number of hydrogen-bond acceptors (Lipinski definition) is 3. The van der Waals surface area contributed by atoms with Crippen molar-refractivity contribution in [1.82, 2.24) is 5.32 Å². The highest BCUT2D eigenvalue weighted by Gasteiger charge is 2.42. The summed E-state index contributed by atoms with van der Waals surface area (Å²) in [4.78, 5) is 23.2. The van der Waals surface area contributed by atoms with Crippen LogP contribution in [0, 0.1) is 17.3 Å². The Balaban J connectivity index is 2.53. The van der Waals surface area contributed by atoms with Crippen molar-refractivity contribution < 1.29 is 14.7 Å². The molecular formula is C15H28N2O3. The molecule has 116 valence electrons. The second-order valence-electron chi connectivity index (χ2n) is 6.72. The van der Waals surface area contributed by atoms with E-state index in [1.807, 2.05) is 6.92 Å². The first-order valence-corrected chi connectivity index (χ1v) is 7.51. The van der Waals surface area contributed by atoms with Gasteiger partial charge >= 0.3 is 5.97 Å². The van der Waals surface area contributed by atoms with Gasteiger partial charge in [0.2, 0.25) is 5.91 Å². The van der Waals surface area contributed by atoms with E-state index < -0.39 is 11.4 Å². The van der Waals surface area contributed by atoms with Gasteiger partial charge < -0.3 is 16.2 Å². The number of rotatable bonds is 7. The first-order chi connectivity index (χ1) is 9.25. The van der Waals surface area contributed by atoms with Crippen molar-refractivity contribution in [3.63, 3.8) is 0 Å². The van der Waals surface area contributed by atoms with Gasteiger partial charge in [0.1, 0.15) is 0 Å². The van der Waals surface area contributed by atoms with Gasteiger partial charge in [-0.05, 0) is 38.0 Å². The van der Waals surface area contributed by atoms with Gasteiger partial charge in [0, 0.05) is 19.0 Å². The third-order valence-electron chi connectivity index (χ3n) is 4.37. The number of carbonyl (C=O) groups excluding carboxylic acids is 1. The molecular weight excluding hydrogens is 256 g/mol. The van der Waals surface area contributed by atoms with Crippen LogP contribution >= 0.6 is 0 Å². The second kappa shape index (κ2) is 7.07. The molecule has 5 heteroatoms. The van der Waals surface area contributed by atoms with Crippen molar-refractivity contribution in [3.8, 4) is 0 Å². The van der Waals surface area contributed by atoms with E-state index in [-0.39, 0.29) is 24.3 Å². The lowest BCUT2D eigenvalue weighted by Crippen LogP contribution is -2.48. The minimum atomic E-state index is -0.811. The van der Waals surface area contributed by atoms with Crippen molar-refractivity contribution in [2.45, 2.75) is 58.9 Å². The highest BCUT2D eigenvalue weighted by atomic mass is 16.4. The lowest BCUT2D eigenvalue weighted by Gasteiger charge is -2.28. The Labute approximate surface area is 121 Å². The fourth-order valence-electron chi connectivity index (χ4n) is 3.07. The second-order valence-corrected chi connectivity index (χ2v) is 6.72. The lowest BCUT2D eigenvalue weighted by molar-refractivity contribution is -0.138. The lowest BCUT2D eigenvalue weighted by atomic mass is 9.84. The molecule has 0 saturated heterocycles. The van der Waals surface area contributed by atoms with Crippen LogP contribution in [0.5, 0.6) is 0 Å². The number of hydrogen-bond donors (Lipinski definition) is 3. The van der Waals surface area contributed by atoms with E-state index in [0.29, 0.717) is 12.5 Å². The topological polar surface area (TPSA) is 92.4 Å². The highest BCUT2D eigenvalue weighted by Crippen LogP contribution is 2.36. The summed E-state index contributed by atoms with van der Waals surface area (Å²) in [6, 6.07) is -0.0921. The molecule has 0 bridgehead atoms. The van der Waals surface area contributed by atoms with Crippen LogP contribution in [0.3, 0.4) is 0 Å². The Hall–Kier alpha value is -1.10. The maximum Gasteiger partial charge on any atom is 0.303 e. The van der Waals surface area contributed by atoms with Crippen LogP contribution in [0.15, 0.2) is 0 Å². The molecule has 0 spiro atoms. The van der Waals surface area contributed by atoms with Crippen LogP contribution < -0.4 is 11.1 Å². The minimum Gasteiger partial charge on any atom is -0.481 e. The van der Waals surface area contributed by atoms with Crippen molar-refractivity contribution >= 4 is 11.9 Å². The fraction of sp³-hybridized carbons (Fsp3) is 0.867. The molecule has 3 atom stereocenters. The zero-order valence-electron chi connectivity index (χ0n) is 12.8. The van der Waals surface area contributed by atoms with E-state index in [9.17, 15) is 9.59 Å². The van der Waals surface area contributed by atoms with Crippen molar-refractivity contribution in [1.29, 1.82) is 0 Å². The molecule has 0 aromatic heterocycles. The summed E-state index contributed by atoms with van der Waals surface area (Å²) in [5.74, 6) is -0.437. The van der Waals surface area contributed by atoms with Gasteiger partial charge in [-0.1, -0.05) is 20.3 Å². The Kier molecular flexibility index (Phi) is 5.99. The van der Waals surface area contributed by atoms with Crippen molar-refractivity contribution in [2.75, 3.05) is 6.54 Å². The number of aliphatic carboxylic acids is 1. The fourth-order valence-corrected chi connectivity index (χ4v) is 3.07. The third-order valence-corrected chi connectivity index (χ3v) is 4.37. The normalized spacial score (nSPS) is 27.6. The third kappa shape index (κ3) is 4.47. The van der Waals surface area contributed by atoms with Crippen molar-refractivity contribution in [3.05, 3.63) is 0 Å². The smallest absolute Gasteiger partial charge is 0.303 e. The Bertz CT molecular complexity index is 357. The summed E-state index contributed by atoms with van der Waals surface area (Å²) in [6.07, 6.45) is 3.58. The molecule has 5 nitrogen and oxygen atoms in total. The van der Waals surface area contributed by atoms with E-state index in [4.69, 9.17) is 10.8 Å². The number of carbonyl (C=O) groups is 2. The van der Waals surface area contributed by atoms with Gasteiger partial charge in [-0.3, -0.25) is 9.59 Å². The molecule has 1 fully saturated rings. The van der Waals surface area contributed by atoms with Crippen LogP contribution in [0.4, 0.5) is 0 Å². The van der Waals surface area contributed by atoms with Gasteiger partial charge in [-0.15, -0.1) is 0 Å². The van der Waals surface area contributed by atoms with E-state index in [0.717, 1.165) is 25.7 Å². The molecule has 1 rings (SSSR count). The molecule has 0 aromatic rings. The quantitative estimate of drug-likeness (QED) is 0.664. The molecule has 0 heterocycles. The first-order valence-electron chi connectivity index (χ1n) is 7.51. The van der Waals surface area contributed by atoms with E-state index in [2.05, 4.69) is 19.2 Å². The number of amides is 1. The zero-order valence-corrected chi connectivity index (χ0v) is 12.8. The molecule has 1 saturated carbocycles. The number of nitrogens with one attached hydrogen (secondary N) is 1. The van der Waals surface area contributed by atoms with E-state index in [1.54, 1.807) is 0 Å². The predicted octanol–water partition coefficient (Wildman–Crippen LogP) is 1.76. The summed E-state index contributed by atoms with van der Waals surface area (Å²) < 4.78 is 0. The van der Waals surface area contributed by atoms with Gasteiger partial charge in [0.25, 0.3) is 0 Å². The number of carboxylic acids is 1. The van der Waals surface area contributed by atoms with Gasteiger partial charge in [0.15, 0.2) is 0 Å². The van der Waals surface area contributed by atoms with Crippen LogP contribution in [-0.2, 0) is 9.59 Å². The Morgan fingerprint density at radius 1 is 1.45 bits per heavy atom. The van der Waals surface area contributed by atoms with Gasteiger partial charge in [0.05, 0.1) is 5.41 Å². The molecule has 4 N–H and O–H groups in total. The summed E-state index contributed by atoms with van der Waals surface area (Å²) in [5.41, 5.74) is 5.53. The molecule has 0 aromatic carbocycles. The zero-order chi connectivity index (χ0) is 15.3. The average Bonchev–Trinajstić information content (AvgIpc) is 2.66. The van der Waals surface area contributed by atoms with Crippen LogP contribution in [0.1, 0.15) is 52.9 Å². The first kappa shape index (κ1) is 17.0. The van der Waals surface area contributed by atoms with Crippen LogP contribution in [0.25, 0.3) is 0 Å². The molecule has 1 aliphatic rings. The van der Waals surface area contributed by atoms with Gasteiger partial charge in [-0.2, -0.15) is 0 Å². The highest BCUT2D eigenvalue weighted by molar-refractivity contribution is 5.83. The van der Waals surface area contributed by atoms with Crippen LogP contribution in [0.2, 0.25) is 0 Å². The van der Waals surface area contributed by atoms with E-state index >= 15 is 0 Å². The maximum absolute atomic E-state index is 12.3. The Morgan fingerprint density at radius 3 is 2.55 bits per heavy atom. The minimum absolute atomic E-state index is 0.0160.